The average molecular weight is 444 g/mol. The predicted molar refractivity (Wildman–Crippen MR) is 127 cm³/mol. The van der Waals surface area contributed by atoms with Crippen molar-refractivity contribution >= 4 is 40.0 Å². The molecule has 0 bridgehead atoms. The first-order valence-corrected chi connectivity index (χ1v) is 11.4. The Labute approximate surface area is 189 Å². The van der Waals surface area contributed by atoms with Gasteiger partial charge in [-0.05, 0) is 57.6 Å². The van der Waals surface area contributed by atoms with Gasteiger partial charge >= 0.3 is 0 Å². The number of thioether (sulfide) groups is 1. The normalized spacial score (nSPS) is 13.8. The third kappa shape index (κ3) is 4.06. The van der Waals surface area contributed by atoms with Crippen LogP contribution in [0.2, 0.25) is 0 Å². The van der Waals surface area contributed by atoms with Crippen molar-refractivity contribution in [3.63, 3.8) is 0 Å². The number of carbonyl (C=O) groups excluding carboxylic acids is 1. The fraction of sp³-hybridized carbons (Fsp3) is 0.174. The van der Waals surface area contributed by atoms with Crippen molar-refractivity contribution in [2.24, 2.45) is 0 Å². The fourth-order valence-electron chi connectivity index (χ4n) is 3.68. The van der Waals surface area contributed by atoms with E-state index in [0.29, 0.717) is 17.2 Å². The van der Waals surface area contributed by atoms with Gasteiger partial charge in [-0.25, -0.2) is 0 Å². The molecule has 0 radical (unpaired) electrons. The SMILES string of the molecule is N=C(c1ccc(NC(=O)c2nnnn2-c2ccc3ccccc3c2)cc1)N1CCSCC1. The number of amidine groups is 1. The number of hydrogen-bond acceptors (Lipinski definition) is 6. The van der Waals surface area contributed by atoms with Gasteiger partial charge in [-0.15, -0.1) is 5.10 Å². The summed E-state index contributed by atoms with van der Waals surface area (Å²) in [5.74, 6) is 2.30. The van der Waals surface area contributed by atoms with Crippen molar-refractivity contribution in [2.45, 2.75) is 0 Å². The van der Waals surface area contributed by atoms with Gasteiger partial charge in [0.2, 0.25) is 5.82 Å². The zero-order chi connectivity index (χ0) is 21.9. The number of tetrazole rings is 1. The van der Waals surface area contributed by atoms with Crippen LogP contribution in [0, 0.1) is 5.41 Å². The topological polar surface area (TPSA) is 99.8 Å². The Morgan fingerprint density at radius 3 is 2.50 bits per heavy atom. The Morgan fingerprint density at radius 2 is 1.72 bits per heavy atom. The number of amides is 1. The molecule has 1 fully saturated rings. The second-order valence-corrected chi connectivity index (χ2v) is 8.65. The molecule has 1 amide bonds. The Kier molecular flexibility index (Phi) is 5.55. The molecule has 0 unspecified atom stereocenters. The van der Waals surface area contributed by atoms with E-state index in [1.807, 2.05) is 66.4 Å². The van der Waals surface area contributed by atoms with Gasteiger partial charge in [-0.3, -0.25) is 10.2 Å². The first kappa shape index (κ1) is 20.2. The molecule has 0 aliphatic carbocycles. The van der Waals surface area contributed by atoms with Crippen molar-refractivity contribution in [1.29, 1.82) is 5.41 Å². The highest BCUT2D eigenvalue weighted by Crippen LogP contribution is 2.19. The number of fused-ring (bicyclic) bond motifs is 1. The average Bonchev–Trinajstić information content (AvgIpc) is 3.35. The predicted octanol–water partition coefficient (Wildman–Crippen LogP) is 3.44. The van der Waals surface area contributed by atoms with Crippen molar-refractivity contribution in [3.05, 3.63) is 78.1 Å². The molecule has 8 nitrogen and oxygen atoms in total. The van der Waals surface area contributed by atoms with Gasteiger partial charge in [0.05, 0.1) is 5.69 Å². The molecule has 0 spiro atoms. The smallest absolute Gasteiger partial charge is 0.295 e. The number of nitrogens with zero attached hydrogens (tertiary/aromatic N) is 5. The van der Waals surface area contributed by atoms with Crippen LogP contribution < -0.4 is 5.32 Å². The minimum absolute atomic E-state index is 0.0999. The zero-order valence-corrected chi connectivity index (χ0v) is 18.0. The second-order valence-electron chi connectivity index (χ2n) is 7.43. The minimum Gasteiger partial charge on any atom is -0.355 e. The Bertz CT molecular complexity index is 1280. The number of aromatic nitrogens is 4. The van der Waals surface area contributed by atoms with E-state index in [-0.39, 0.29) is 5.82 Å². The molecule has 1 aromatic heterocycles. The van der Waals surface area contributed by atoms with Crippen LogP contribution in [0.4, 0.5) is 5.69 Å². The van der Waals surface area contributed by atoms with Gasteiger partial charge < -0.3 is 10.2 Å². The summed E-state index contributed by atoms with van der Waals surface area (Å²) in [6.07, 6.45) is 0. The molecule has 1 aliphatic heterocycles. The van der Waals surface area contributed by atoms with Crippen LogP contribution in [0.3, 0.4) is 0 Å². The van der Waals surface area contributed by atoms with E-state index in [0.717, 1.165) is 40.9 Å². The van der Waals surface area contributed by atoms with Crippen molar-refractivity contribution in [2.75, 3.05) is 29.9 Å². The van der Waals surface area contributed by atoms with Gasteiger partial charge in [0, 0.05) is 35.8 Å². The molecule has 4 aromatic rings. The Morgan fingerprint density at radius 1 is 0.969 bits per heavy atom. The molecule has 32 heavy (non-hydrogen) atoms. The molecule has 5 rings (SSSR count). The van der Waals surface area contributed by atoms with Crippen LogP contribution in [0.15, 0.2) is 66.7 Å². The van der Waals surface area contributed by atoms with Gasteiger partial charge in [0.25, 0.3) is 5.91 Å². The maximum atomic E-state index is 12.9. The van der Waals surface area contributed by atoms with Crippen molar-refractivity contribution in [3.8, 4) is 5.69 Å². The number of rotatable bonds is 4. The third-order valence-electron chi connectivity index (χ3n) is 5.39. The van der Waals surface area contributed by atoms with Crippen LogP contribution in [0.5, 0.6) is 0 Å². The molecule has 9 heteroatoms. The second kappa shape index (κ2) is 8.80. The van der Waals surface area contributed by atoms with E-state index in [1.165, 1.54) is 4.68 Å². The standard InChI is InChI=1S/C23H21N7OS/c24-21(29-11-13-32-14-12-29)17-5-8-19(9-6-17)25-23(31)22-26-27-28-30(22)20-10-7-16-3-1-2-4-18(16)15-20/h1-10,15,24H,11-14H2,(H,25,31). The van der Waals surface area contributed by atoms with Crippen LogP contribution in [0.25, 0.3) is 16.5 Å². The summed E-state index contributed by atoms with van der Waals surface area (Å²) in [5.41, 5.74) is 2.16. The van der Waals surface area contributed by atoms with Gasteiger partial charge in [0.1, 0.15) is 5.84 Å². The molecule has 0 saturated carbocycles. The number of nitrogens with one attached hydrogen (secondary N) is 2. The van der Waals surface area contributed by atoms with Crippen LogP contribution in [-0.2, 0) is 0 Å². The lowest BCUT2D eigenvalue weighted by molar-refractivity contribution is 0.101. The quantitative estimate of drug-likeness (QED) is 0.370. The molecule has 160 valence electrons. The molecule has 3 aromatic carbocycles. The maximum Gasteiger partial charge on any atom is 0.295 e. The molecular weight excluding hydrogens is 422 g/mol. The summed E-state index contributed by atoms with van der Waals surface area (Å²) in [4.78, 5) is 15.0. The molecule has 1 aliphatic rings. The van der Waals surface area contributed by atoms with E-state index in [1.54, 1.807) is 12.1 Å². The highest BCUT2D eigenvalue weighted by atomic mass is 32.2. The summed E-state index contributed by atoms with van der Waals surface area (Å²) < 4.78 is 1.43. The summed E-state index contributed by atoms with van der Waals surface area (Å²) in [6.45, 7) is 1.78. The highest BCUT2D eigenvalue weighted by Gasteiger charge is 2.18. The van der Waals surface area contributed by atoms with Crippen molar-refractivity contribution < 1.29 is 4.79 Å². The van der Waals surface area contributed by atoms with E-state index in [2.05, 4.69) is 25.7 Å². The van der Waals surface area contributed by atoms with Gasteiger partial charge in [0.15, 0.2) is 0 Å². The number of anilines is 1. The molecular formula is C23H21N7OS. The van der Waals surface area contributed by atoms with Gasteiger partial charge in [-0.2, -0.15) is 16.4 Å². The van der Waals surface area contributed by atoms with Crippen LogP contribution in [0.1, 0.15) is 16.2 Å². The molecule has 1 saturated heterocycles. The first-order valence-electron chi connectivity index (χ1n) is 10.3. The summed E-state index contributed by atoms with van der Waals surface area (Å²) in [6, 6.07) is 21.1. The summed E-state index contributed by atoms with van der Waals surface area (Å²) >= 11 is 1.92. The lowest BCUT2D eigenvalue weighted by Crippen LogP contribution is -2.37. The number of hydrogen-bond donors (Lipinski definition) is 2. The number of carbonyl (C=O) groups is 1. The zero-order valence-electron chi connectivity index (χ0n) is 17.2. The van der Waals surface area contributed by atoms with Crippen molar-refractivity contribution in [1.82, 2.24) is 25.1 Å². The highest BCUT2D eigenvalue weighted by molar-refractivity contribution is 7.99. The summed E-state index contributed by atoms with van der Waals surface area (Å²) in [5, 5.41) is 25.0. The van der Waals surface area contributed by atoms with Crippen LogP contribution in [-0.4, -0.2) is 61.4 Å². The van der Waals surface area contributed by atoms with E-state index >= 15 is 0 Å². The van der Waals surface area contributed by atoms with Gasteiger partial charge in [-0.1, -0.05) is 30.3 Å². The minimum atomic E-state index is -0.404. The molecule has 2 heterocycles. The Balaban J connectivity index is 1.32. The molecule has 0 atom stereocenters. The molecule has 2 N–H and O–H groups in total. The maximum absolute atomic E-state index is 12.9. The Hall–Kier alpha value is -3.72. The van der Waals surface area contributed by atoms with E-state index < -0.39 is 5.91 Å². The van der Waals surface area contributed by atoms with E-state index in [9.17, 15) is 4.79 Å². The number of benzene rings is 3. The largest absolute Gasteiger partial charge is 0.355 e. The monoisotopic (exact) mass is 443 g/mol. The summed E-state index contributed by atoms with van der Waals surface area (Å²) in [7, 11) is 0. The van der Waals surface area contributed by atoms with E-state index in [4.69, 9.17) is 5.41 Å². The first-order chi connectivity index (χ1) is 15.7. The third-order valence-corrected chi connectivity index (χ3v) is 6.34. The lowest BCUT2D eigenvalue weighted by Gasteiger charge is -2.28. The lowest BCUT2D eigenvalue weighted by atomic mass is 10.1. The van der Waals surface area contributed by atoms with Crippen LogP contribution >= 0.6 is 11.8 Å². The fourth-order valence-corrected chi connectivity index (χ4v) is 4.58.